The van der Waals surface area contributed by atoms with Crippen molar-refractivity contribution in [1.29, 1.82) is 0 Å². The molecule has 0 bridgehead atoms. The first-order valence-electron chi connectivity index (χ1n) is 5.34. The van der Waals surface area contributed by atoms with Crippen LogP contribution in [0.3, 0.4) is 0 Å². The topological polar surface area (TPSA) is 46.2 Å². The molecule has 0 aliphatic heterocycles. The fraction of sp³-hybridized carbons (Fsp3) is 0.500. The maximum atomic E-state index is 11.3. The van der Waals surface area contributed by atoms with Gasteiger partial charge >= 0.3 is 0 Å². The van der Waals surface area contributed by atoms with E-state index in [0.717, 1.165) is 17.6 Å². The van der Waals surface area contributed by atoms with Crippen LogP contribution < -0.4 is 5.32 Å². The molecule has 0 fully saturated rings. The summed E-state index contributed by atoms with van der Waals surface area (Å²) in [5, 5.41) is 3.23. The summed E-state index contributed by atoms with van der Waals surface area (Å²) in [6.45, 7) is 5.08. The number of alkyl halides is 1. The fourth-order valence-electron chi connectivity index (χ4n) is 1.62. The van der Waals surface area contributed by atoms with E-state index in [-0.39, 0.29) is 5.41 Å². The van der Waals surface area contributed by atoms with Gasteiger partial charge in [0.05, 0.1) is 10.3 Å². The van der Waals surface area contributed by atoms with Gasteiger partial charge in [0.1, 0.15) is 0 Å². The van der Waals surface area contributed by atoms with Crippen molar-refractivity contribution in [2.45, 2.75) is 24.2 Å². The minimum Gasteiger partial charge on any atom is -0.306 e. The summed E-state index contributed by atoms with van der Waals surface area (Å²) >= 11 is 3.32. The van der Waals surface area contributed by atoms with E-state index in [9.17, 15) is 8.42 Å². The number of rotatable bonds is 5. The Bertz CT molecular complexity index is 466. The summed E-state index contributed by atoms with van der Waals surface area (Å²) in [5.41, 5.74) is 1.85. The first kappa shape index (κ1) is 14.7. The van der Waals surface area contributed by atoms with Crippen LogP contribution in [0.2, 0.25) is 0 Å². The number of hydrogen-bond donors (Lipinski definition) is 1. The van der Waals surface area contributed by atoms with Crippen molar-refractivity contribution < 1.29 is 8.42 Å². The second-order valence-corrected chi connectivity index (χ2v) is 7.32. The highest BCUT2D eigenvalue weighted by Gasteiger charge is 2.20. The Morgan fingerprint density at radius 1 is 1.24 bits per heavy atom. The minimum absolute atomic E-state index is 0.0240. The average Bonchev–Trinajstić information content (AvgIpc) is 2.25. The first-order valence-corrected chi connectivity index (χ1v) is 8.36. The molecule has 0 aliphatic rings. The quantitative estimate of drug-likeness (QED) is 0.669. The molecule has 0 unspecified atom stereocenters. The highest BCUT2D eigenvalue weighted by atomic mass is 79.9. The summed E-state index contributed by atoms with van der Waals surface area (Å²) in [7, 11) is -3.11. The summed E-state index contributed by atoms with van der Waals surface area (Å²) < 4.78 is 22.7. The maximum Gasteiger partial charge on any atom is 0.175 e. The van der Waals surface area contributed by atoms with E-state index in [1.54, 1.807) is 12.1 Å². The van der Waals surface area contributed by atoms with Gasteiger partial charge < -0.3 is 5.32 Å². The van der Waals surface area contributed by atoms with Crippen LogP contribution in [0, 0.1) is 0 Å². The van der Waals surface area contributed by atoms with Gasteiger partial charge in [-0.2, -0.15) is 0 Å². The summed E-state index contributed by atoms with van der Waals surface area (Å²) in [6, 6.07) is 7.10. The highest BCUT2D eigenvalue weighted by Crippen LogP contribution is 2.23. The first-order chi connectivity index (χ1) is 7.77. The molecule has 0 radical (unpaired) electrons. The van der Waals surface area contributed by atoms with Gasteiger partial charge in [-0.3, -0.25) is 0 Å². The second-order valence-electron chi connectivity index (χ2n) is 4.74. The normalized spacial score (nSPS) is 12.7. The number of halogens is 1. The van der Waals surface area contributed by atoms with E-state index >= 15 is 0 Å². The zero-order valence-corrected chi connectivity index (χ0v) is 12.7. The Kier molecular flexibility index (Phi) is 4.75. The van der Waals surface area contributed by atoms with Crippen molar-refractivity contribution in [2.24, 2.45) is 0 Å². The summed E-state index contributed by atoms with van der Waals surface area (Å²) in [6.07, 6.45) is 1.22. The Labute approximate surface area is 112 Å². The molecule has 0 saturated carbocycles. The number of benzene rings is 1. The molecule has 5 heteroatoms. The largest absolute Gasteiger partial charge is 0.306 e. The van der Waals surface area contributed by atoms with Gasteiger partial charge in [0.15, 0.2) is 9.84 Å². The SMILES string of the molecule is CC(C)(CNCBr)c1ccc(S(C)(=O)=O)cc1. The molecular formula is C12H18BrNO2S. The molecule has 0 heterocycles. The van der Waals surface area contributed by atoms with E-state index in [1.807, 2.05) is 12.1 Å². The molecule has 1 aromatic carbocycles. The number of sulfone groups is 1. The Hall–Kier alpha value is -0.390. The Morgan fingerprint density at radius 3 is 2.18 bits per heavy atom. The van der Waals surface area contributed by atoms with Gasteiger partial charge in [0, 0.05) is 18.2 Å². The van der Waals surface area contributed by atoms with Crippen molar-refractivity contribution in [2.75, 3.05) is 18.3 Å². The van der Waals surface area contributed by atoms with E-state index in [4.69, 9.17) is 0 Å². The van der Waals surface area contributed by atoms with Crippen LogP contribution in [0.15, 0.2) is 29.2 Å². The van der Waals surface area contributed by atoms with Crippen LogP contribution in [0.5, 0.6) is 0 Å². The van der Waals surface area contributed by atoms with Gasteiger partial charge in [0.25, 0.3) is 0 Å². The zero-order valence-electron chi connectivity index (χ0n) is 10.3. The number of hydrogen-bond acceptors (Lipinski definition) is 3. The molecule has 0 amide bonds. The van der Waals surface area contributed by atoms with Gasteiger partial charge in [-0.1, -0.05) is 41.9 Å². The third-order valence-electron chi connectivity index (χ3n) is 2.73. The lowest BCUT2D eigenvalue weighted by Crippen LogP contribution is -2.32. The van der Waals surface area contributed by atoms with Gasteiger partial charge in [-0.05, 0) is 17.7 Å². The minimum atomic E-state index is -3.11. The van der Waals surface area contributed by atoms with Crippen LogP contribution in [0.1, 0.15) is 19.4 Å². The lowest BCUT2D eigenvalue weighted by atomic mass is 9.85. The second kappa shape index (κ2) is 5.50. The Morgan fingerprint density at radius 2 is 1.76 bits per heavy atom. The Balaban J connectivity index is 2.94. The lowest BCUT2D eigenvalue weighted by Gasteiger charge is -2.25. The van der Waals surface area contributed by atoms with E-state index in [2.05, 4.69) is 35.1 Å². The molecule has 1 aromatic rings. The monoisotopic (exact) mass is 319 g/mol. The van der Waals surface area contributed by atoms with Gasteiger partial charge in [-0.25, -0.2) is 8.42 Å². The average molecular weight is 320 g/mol. The standard InChI is InChI=1S/C12H18BrNO2S/c1-12(2,8-14-9-13)10-4-6-11(7-5-10)17(3,15)16/h4-7,14H,8-9H2,1-3H3. The number of nitrogens with one attached hydrogen (secondary N) is 1. The maximum absolute atomic E-state index is 11.3. The van der Waals surface area contributed by atoms with Crippen molar-refractivity contribution >= 4 is 25.8 Å². The third kappa shape index (κ3) is 4.08. The summed E-state index contributed by atoms with van der Waals surface area (Å²) in [5.74, 6) is 0. The van der Waals surface area contributed by atoms with Gasteiger partial charge in [0.2, 0.25) is 0 Å². The molecule has 0 aliphatic carbocycles. The van der Waals surface area contributed by atoms with Crippen LogP contribution in [0.25, 0.3) is 0 Å². The van der Waals surface area contributed by atoms with Gasteiger partial charge in [-0.15, -0.1) is 0 Å². The van der Waals surface area contributed by atoms with Crippen molar-refractivity contribution in [1.82, 2.24) is 5.32 Å². The van der Waals surface area contributed by atoms with Crippen LogP contribution in [0.4, 0.5) is 0 Å². The lowest BCUT2D eigenvalue weighted by molar-refractivity contribution is 0.490. The molecule has 17 heavy (non-hydrogen) atoms. The third-order valence-corrected chi connectivity index (χ3v) is 4.25. The van der Waals surface area contributed by atoms with Crippen LogP contribution in [-0.4, -0.2) is 26.7 Å². The van der Waals surface area contributed by atoms with E-state index in [1.165, 1.54) is 6.26 Å². The van der Waals surface area contributed by atoms with E-state index < -0.39 is 9.84 Å². The molecule has 3 nitrogen and oxygen atoms in total. The van der Waals surface area contributed by atoms with Crippen molar-refractivity contribution in [3.8, 4) is 0 Å². The molecule has 96 valence electrons. The smallest absolute Gasteiger partial charge is 0.175 e. The summed E-state index contributed by atoms with van der Waals surface area (Å²) in [4.78, 5) is 0.366. The van der Waals surface area contributed by atoms with Crippen molar-refractivity contribution in [3.05, 3.63) is 29.8 Å². The molecule has 1 rings (SSSR count). The zero-order chi connectivity index (χ0) is 13.1. The molecule has 0 aromatic heterocycles. The van der Waals surface area contributed by atoms with Crippen LogP contribution >= 0.6 is 15.9 Å². The predicted octanol–water partition coefficient (Wildman–Crippen LogP) is 2.31. The molecular weight excluding hydrogens is 302 g/mol. The molecule has 0 atom stereocenters. The van der Waals surface area contributed by atoms with E-state index in [0.29, 0.717) is 4.90 Å². The molecule has 0 spiro atoms. The molecule has 1 N–H and O–H groups in total. The fourth-order valence-corrected chi connectivity index (χ4v) is 2.44. The van der Waals surface area contributed by atoms with Crippen molar-refractivity contribution in [3.63, 3.8) is 0 Å². The predicted molar refractivity (Wildman–Crippen MR) is 74.4 cm³/mol. The van der Waals surface area contributed by atoms with Crippen LogP contribution in [-0.2, 0) is 15.3 Å². The molecule has 0 saturated heterocycles. The highest BCUT2D eigenvalue weighted by molar-refractivity contribution is 9.09.